The first-order valence-electron chi connectivity index (χ1n) is 12.0. The fraction of sp³-hybridized carbons (Fsp3) is 0.708. The lowest BCUT2D eigenvalue weighted by Crippen LogP contribution is -2.56. The van der Waals surface area contributed by atoms with Crippen LogP contribution in [0.4, 0.5) is 0 Å². The van der Waals surface area contributed by atoms with Gasteiger partial charge in [-0.25, -0.2) is 0 Å². The number of hydrogen-bond acceptors (Lipinski definition) is 6. The van der Waals surface area contributed by atoms with E-state index in [4.69, 9.17) is 9.84 Å². The van der Waals surface area contributed by atoms with Crippen LogP contribution >= 0.6 is 11.3 Å². The van der Waals surface area contributed by atoms with Gasteiger partial charge in [0, 0.05) is 24.5 Å². The van der Waals surface area contributed by atoms with Gasteiger partial charge in [0.2, 0.25) is 0 Å². The quantitative estimate of drug-likeness (QED) is 0.645. The number of thiophene rings is 1. The molecule has 0 bridgehead atoms. The summed E-state index contributed by atoms with van der Waals surface area (Å²) >= 11 is 1.57. The largest absolute Gasteiger partial charge is 0.465 e. The van der Waals surface area contributed by atoms with Crippen LogP contribution in [-0.2, 0) is 9.53 Å². The van der Waals surface area contributed by atoms with Crippen molar-refractivity contribution in [2.75, 3.05) is 19.7 Å². The first-order chi connectivity index (χ1) is 15.3. The van der Waals surface area contributed by atoms with Gasteiger partial charge in [0.25, 0.3) is 5.91 Å². The van der Waals surface area contributed by atoms with Gasteiger partial charge in [0.15, 0.2) is 0 Å². The molecule has 0 atom stereocenters. The molecule has 176 valence electrons. The Morgan fingerprint density at radius 1 is 1.19 bits per heavy atom. The molecule has 1 N–H and O–H groups in total. The standard InChI is InChI=1S/C24H36N4O3S/c1-5-31-23(30)24(3,4)27-13-11-17(12-14-27)25-21(29)20-15-19-16(2)26-28(22(19)32-20)18-9-7-6-8-10-18/h15,17-18H,5-14H2,1-4H3,(H,25,29). The van der Waals surface area contributed by atoms with Crippen LogP contribution in [0.15, 0.2) is 6.07 Å². The van der Waals surface area contributed by atoms with Gasteiger partial charge in [-0.15, -0.1) is 11.3 Å². The number of likely N-dealkylation sites (tertiary alicyclic amines) is 1. The van der Waals surface area contributed by atoms with E-state index in [1.165, 1.54) is 32.1 Å². The lowest BCUT2D eigenvalue weighted by Gasteiger charge is -2.41. The number of amides is 1. The molecule has 0 unspecified atom stereocenters. The van der Waals surface area contributed by atoms with Gasteiger partial charge in [-0.2, -0.15) is 5.10 Å². The Kier molecular flexibility index (Phi) is 6.91. The molecule has 3 heterocycles. The van der Waals surface area contributed by atoms with E-state index in [1.54, 1.807) is 11.3 Å². The molecule has 1 aliphatic heterocycles. The zero-order valence-electron chi connectivity index (χ0n) is 19.8. The highest BCUT2D eigenvalue weighted by atomic mass is 32.1. The maximum absolute atomic E-state index is 13.0. The summed E-state index contributed by atoms with van der Waals surface area (Å²) in [5.41, 5.74) is 0.370. The average Bonchev–Trinajstić information content (AvgIpc) is 3.36. The van der Waals surface area contributed by atoms with Crippen molar-refractivity contribution in [3.05, 3.63) is 16.6 Å². The van der Waals surface area contributed by atoms with Crippen LogP contribution in [0.3, 0.4) is 0 Å². The highest BCUT2D eigenvalue weighted by molar-refractivity contribution is 7.20. The van der Waals surface area contributed by atoms with Crippen molar-refractivity contribution in [2.24, 2.45) is 0 Å². The number of ether oxygens (including phenoxy) is 1. The molecular weight excluding hydrogens is 424 g/mol. The number of hydrogen-bond donors (Lipinski definition) is 1. The molecule has 7 nitrogen and oxygen atoms in total. The molecule has 1 saturated carbocycles. The molecule has 1 aliphatic carbocycles. The van der Waals surface area contributed by atoms with E-state index in [9.17, 15) is 9.59 Å². The van der Waals surface area contributed by atoms with E-state index in [-0.39, 0.29) is 17.9 Å². The molecule has 8 heteroatoms. The molecule has 1 amide bonds. The van der Waals surface area contributed by atoms with Crippen LogP contribution in [0.25, 0.3) is 10.2 Å². The van der Waals surface area contributed by atoms with Crippen LogP contribution in [0.5, 0.6) is 0 Å². The van der Waals surface area contributed by atoms with Gasteiger partial charge < -0.3 is 10.1 Å². The number of fused-ring (bicyclic) bond motifs is 1. The number of aryl methyl sites for hydroxylation is 1. The number of piperidine rings is 1. The first-order valence-corrected chi connectivity index (χ1v) is 12.8. The topological polar surface area (TPSA) is 76.5 Å². The molecule has 2 aromatic heterocycles. The zero-order valence-corrected chi connectivity index (χ0v) is 20.6. The monoisotopic (exact) mass is 460 g/mol. The van der Waals surface area contributed by atoms with Gasteiger partial charge in [-0.1, -0.05) is 19.3 Å². The Labute approximate surface area is 194 Å². The van der Waals surface area contributed by atoms with E-state index in [1.807, 2.05) is 33.8 Å². The van der Waals surface area contributed by atoms with E-state index in [0.717, 1.165) is 46.7 Å². The summed E-state index contributed by atoms with van der Waals surface area (Å²) in [6.45, 7) is 9.62. The van der Waals surface area contributed by atoms with Crippen molar-refractivity contribution in [3.8, 4) is 0 Å². The first kappa shape index (κ1) is 23.2. The van der Waals surface area contributed by atoms with Crippen molar-refractivity contribution in [2.45, 2.75) is 90.3 Å². The summed E-state index contributed by atoms with van der Waals surface area (Å²) in [5, 5.41) is 9.14. The Bertz CT molecular complexity index is 965. The predicted molar refractivity (Wildman–Crippen MR) is 127 cm³/mol. The number of rotatable bonds is 6. The molecule has 0 aromatic carbocycles. The van der Waals surface area contributed by atoms with Crippen molar-refractivity contribution in [1.82, 2.24) is 20.0 Å². The maximum atomic E-state index is 13.0. The van der Waals surface area contributed by atoms with E-state index < -0.39 is 5.54 Å². The summed E-state index contributed by atoms with van der Waals surface area (Å²) in [6.07, 6.45) is 7.84. The second-order valence-electron chi connectivity index (χ2n) is 9.67. The van der Waals surface area contributed by atoms with Crippen LogP contribution in [0.1, 0.15) is 87.1 Å². The summed E-state index contributed by atoms with van der Waals surface area (Å²) in [5.74, 6) is -0.181. The number of carbonyl (C=O) groups excluding carboxylic acids is 2. The van der Waals surface area contributed by atoms with Crippen LogP contribution < -0.4 is 5.32 Å². The van der Waals surface area contributed by atoms with Crippen molar-refractivity contribution < 1.29 is 14.3 Å². The highest BCUT2D eigenvalue weighted by Gasteiger charge is 2.38. The molecule has 32 heavy (non-hydrogen) atoms. The van der Waals surface area contributed by atoms with Crippen molar-refractivity contribution in [1.29, 1.82) is 0 Å². The molecule has 2 aromatic rings. The summed E-state index contributed by atoms with van der Waals surface area (Å²) in [7, 11) is 0. The number of nitrogens with one attached hydrogen (secondary N) is 1. The van der Waals surface area contributed by atoms with Gasteiger partial charge in [-0.3, -0.25) is 19.2 Å². The molecular formula is C24H36N4O3S. The van der Waals surface area contributed by atoms with E-state index >= 15 is 0 Å². The lowest BCUT2D eigenvalue weighted by atomic mass is 9.96. The van der Waals surface area contributed by atoms with Gasteiger partial charge in [-0.05, 0) is 59.4 Å². The Morgan fingerprint density at radius 2 is 1.88 bits per heavy atom. The third kappa shape index (κ3) is 4.57. The molecule has 2 aliphatic rings. The molecule has 2 fully saturated rings. The van der Waals surface area contributed by atoms with Crippen molar-refractivity contribution in [3.63, 3.8) is 0 Å². The fourth-order valence-electron chi connectivity index (χ4n) is 5.03. The van der Waals surface area contributed by atoms with Gasteiger partial charge in [0.05, 0.1) is 23.2 Å². The Morgan fingerprint density at radius 3 is 2.53 bits per heavy atom. The van der Waals surface area contributed by atoms with Crippen LogP contribution in [0.2, 0.25) is 0 Å². The Balaban J connectivity index is 1.39. The number of carbonyl (C=O) groups is 2. The molecule has 0 radical (unpaired) electrons. The second-order valence-corrected chi connectivity index (χ2v) is 10.7. The third-order valence-corrected chi connectivity index (χ3v) is 8.23. The normalized spacial score (nSPS) is 19.4. The summed E-state index contributed by atoms with van der Waals surface area (Å²) in [4.78, 5) is 29.4. The smallest absolute Gasteiger partial charge is 0.325 e. The molecule has 1 saturated heterocycles. The third-order valence-electron chi connectivity index (χ3n) is 7.11. The minimum Gasteiger partial charge on any atom is -0.465 e. The number of aromatic nitrogens is 2. The maximum Gasteiger partial charge on any atom is 0.325 e. The predicted octanol–water partition coefficient (Wildman–Crippen LogP) is 4.45. The lowest BCUT2D eigenvalue weighted by molar-refractivity contribution is -0.156. The number of nitrogens with zero attached hydrogens (tertiary/aromatic N) is 3. The Hall–Kier alpha value is -1.93. The minimum atomic E-state index is -0.640. The van der Waals surface area contributed by atoms with Gasteiger partial charge >= 0.3 is 5.97 Å². The van der Waals surface area contributed by atoms with E-state index in [0.29, 0.717) is 12.6 Å². The SMILES string of the molecule is CCOC(=O)C(C)(C)N1CCC(NC(=O)c2cc3c(C)nn(C4CCCCC4)c3s2)CC1. The fourth-order valence-corrected chi connectivity index (χ4v) is 6.17. The van der Waals surface area contributed by atoms with Crippen molar-refractivity contribution >= 4 is 33.4 Å². The zero-order chi connectivity index (χ0) is 22.9. The van der Waals surface area contributed by atoms with Gasteiger partial charge in [0.1, 0.15) is 10.4 Å². The average molecular weight is 461 g/mol. The summed E-state index contributed by atoms with van der Waals surface area (Å²) < 4.78 is 7.42. The minimum absolute atomic E-state index is 0.00361. The van der Waals surface area contributed by atoms with Crippen LogP contribution in [-0.4, -0.2) is 57.8 Å². The molecule has 4 rings (SSSR count). The van der Waals surface area contributed by atoms with E-state index in [2.05, 4.69) is 14.9 Å². The highest BCUT2D eigenvalue weighted by Crippen LogP contribution is 2.35. The number of esters is 1. The second kappa shape index (κ2) is 9.51. The summed E-state index contributed by atoms with van der Waals surface area (Å²) in [6, 6.07) is 2.59. The molecule has 0 spiro atoms. The van der Waals surface area contributed by atoms with Crippen LogP contribution in [0, 0.1) is 6.92 Å².